The Morgan fingerprint density at radius 3 is 2.62 bits per heavy atom. The molecule has 0 heterocycles. The van der Waals surface area contributed by atoms with Gasteiger partial charge in [-0.3, -0.25) is 0 Å². The van der Waals surface area contributed by atoms with Crippen LogP contribution in [0, 0.1) is 5.41 Å². The van der Waals surface area contributed by atoms with Gasteiger partial charge in [0, 0.05) is 0 Å². The van der Waals surface area contributed by atoms with Crippen LogP contribution < -0.4 is 0 Å². The molecule has 0 fully saturated rings. The maximum atomic E-state index is 3.69. The first-order chi connectivity index (χ1) is 6.07. The Hall–Kier alpha value is -1.22. The van der Waals surface area contributed by atoms with Crippen LogP contribution in [0.25, 0.3) is 0 Å². The molecule has 0 nitrogen and oxygen atoms in total. The predicted octanol–water partition coefficient (Wildman–Crippen LogP) is 3.79. The Bertz CT molecular complexity index is 327. The van der Waals surface area contributed by atoms with Gasteiger partial charge in [0.25, 0.3) is 0 Å². The van der Waals surface area contributed by atoms with Crippen molar-refractivity contribution >= 4 is 0 Å². The average molecular weight is 172 g/mol. The molecule has 68 valence electrons. The number of allylic oxidation sites excluding steroid dienone is 4. The highest BCUT2D eigenvalue weighted by molar-refractivity contribution is 5.34. The molecule has 0 saturated heterocycles. The van der Waals surface area contributed by atoms with Crippen molar-refractivity contribution in [2.75, 3.05) is 0 Å². The maximum Gasteiger partial charge on any atom is -0.00582 e. The van der Waals surface area contributed by atoms with E-state index in [2.05, 4.69) is 44.5 Å². The van der Waals surface area contributed by atoms with Crippen LogP contribution in [0.5, 0.6) is 0 Å². The molecule has 0 N–H and O–H groups in total. The molecule has 0 heteroatoms. The quantitative estimate of drug-likeness (QED) is 0.528. The molecule has 0 unspecified atom stereocenters. The summed E-state index contributed by atoms with van der Waals surface area (Å²) >= 11 is 0. The molecule has 1 rings (SSSR count). The van der Waals surface area contributed by atoms with Crippen molar-refractivity contribution in [2.24, 2.45) is 5.41 Å². The second-order valence-corrected chi connectivity index (χ2v) is 4.29. The Kier molecular flexibility index (Phi) is 2.78. The van der Waals surface area contributed by atoms with E-state index >= 15 is 0 Å². The molecule has 0 aromatic rings. The summed E-state index contributed by atoms with van der Waals surface area (Å²) in [6.07, 6.45) is 6.22. The molecule has 0 spiro atoms. The number of hydrogen-bond donors (Lipinski definition) is 0. The Morgan fingerprint density at radius 2 is 2.08 bits per heavy atom. The summed E-state index contributed by atoms with van der Waals surface area (Å²) in [4.78, 5) is 0. The molecule has 0 aliphatic heterocycles. The minimum absolute atomic E-state index is 0.317. The van der Waals surface area contributed by atoms with Crippen LogP contribution in [0.3, 0.4) is 0 Å². The first kappa shape index (κ1) is 9.86. The smallest absolute Gasteiger partial charge is 0.00582 e. The highest BCUT2D eigenvalue weighted by Crippen LogP contribution is 2.37. The number of rotatable bonds is 1. The molecule has 0 radical (unpaired) electrons. The minimum atomic E-state index is 0.317. The van der Waals surface area contributed by atoms with E-state index in [0.29, 0.717) is 5.41 Å². The number of hydrogen-bond acceptors (Lipinski definition) is 0. The van der Waals surface area contributed by atoms with E-state index in [1.807, 2.05) is 6.08 Å². The summed E-state index contributed by atoms with van der Waals surface area (Å²) in [6.45, 7) is 11.8. The molecule has 0 atom stereocenters. The molecular formula is C13H16. The summed E-state index contributed by atoms with van der Waals surface area (Å²) in [7, 11) is 0. The first-order valence-electron chi connectivity index (χ1n) is 4.53. The van der Waals surface area contributed by atoms with Crippen LogP contribution in [0.4, 0.5) is 0 Å². The Morgan fingerprint density at radius 1 is 1.38 bits per heavy atom. The zero-order chi connectivity index (χ0) is 9.90. The standard InChI is InChI=1S/C13H16/c1-5-7-12-8-11(6-2)9-13(3,4)10-12/h7-8H,1-2,9-10H2,3-4H3. The predicted molar refractivity (Wildman–Crippen MR) is 57.5 cm³/mol. The van der Waals surface area contributed by atoms with E-state index in [-0.39, 0.29) is 0 Å². The van der Waals surface area contributed by atoms with Crippen molar-refractivity contribution in [3.63, 3.8) is 0 Å². The molecule has 1 aliphatic rings. The van der Waals surface area contributed by atoms with E-state index in [1.54, 1.807) is 0 Å². The fraction of sp³-hybridized carbons (Fsp3) is 0.385. The zero-order valence-electron chi connectivity index (χ0n) is 8.48. The van der Waals surface area contributed by atoms with Crippen molar-refractivity contribution < 1.29 is 0 Å². The highest BCUT2D eigenvalue weighted by atomic mass is 14.3. The minimum Gasteiger partial charge on any atom is -0.128 e. The third-order valence-corrected chi connectivity index (χ3v) is 2.23. The normalized spacial score (nSPS) is 19.8. The van der Waals surface area contributed by atoms with Crippen LogP contribution in [0.15, 0.2) is 47.9 Å². The van der Waals surface area contributed by atoms with Crippen molar-refractivity contribution in [3.05, 3.63) is 47.9 Å². The van der Waals surface area contributed by atoms with Gasteiger partial charge in [-0.2, -0.15) is 0 Å². The van der Waals surface area contributed by atoms with E-state index in [1.165, 1.54) is 11.1 Å². The summed E-state index contributed by atoms with van der Waals surface area (Å²) in [6, 6.07) is 0. The van der Waals surface area contributed by atoms with Crippen molar-refractivity contribution in [1.29, 1.82) is 0 Å². The first-order valence-corrected chi connectivity index (χ1v) is 4.53. The van der Waals surface area contributed by atoms with Gasteiger partial charge in [0.15, 0.2) is 0 Å². The molecule has 0 aromatic carbocycles. The van der Waals surface area contributed by atoms with Gasteiger partial charge < -0.3 is 0 Å². The topological polar surface area (TPSA) is 0 Å². The highest BCUT2D eigenvalue weighted by Gasteiger charge is 2.24. The van der Waals surface area contributed by atoms with Gasteiger partial charge in [-0.1, -0.05) is 27.0 Å². The molecule has 0 aromatic heterocycles. The third-order valence-electron chi connectivity index (χ3n) is 2.23. The lowest BCUT2D eigenvalue weighted by Crippen LogP contribution is -2.16. The molecule has 0 bridgehead atoms. The fourth-order valence-corrected chi connectivity index (χ4v) is 1.79. The van der Waals surface area contributed by atoms with E-state index < -0.39 is 0 Å². The lowest BCUT2D eigenvalue weighted by atomic mass is 9.75. The summed E-state index contributed by atoms with van der Waals surface area (Å²) < 4.78 is 0. The zero-order valence-corrected chi connectivity index (χ0v) is 8.48. The van der Waals surface area contributed by atoms with Crippen LogP contribution in [-0.2, 0) is 0 Å². The van der Waals surface area contributed by atoms with Crippen LogP contribution >= 0.6 is 0 Å². The lowest BCUT2D eigenvalue weighted by Gasteiger charge is -2.29. The molecule has 13 heavy (non-hydrogen) atoms. The van der Waals surface area contributed by atoms with Gasteiger partial charge in [0.2, 0.25) is 0 Å². The average Bonchev–Trinajstić information content (AvgIpc) is 2.02. The van der Waals surface area contributed by atoms with Crippen LogP contribution in [-0.4, -0.2) is 0 Å². The van der Waals surface area contributed by atoms with Crippen molar-refractivity contribution in [1.82, 2.24) is 0 Å². The molecule has 1 aliphatic carbocycles. The van der Waals surface area contributed by atoms with Crippen LogP contribution in [0.2, 0.25) is 0 Å². The van der Waals surface area contributed by atoms with E-state index in [4.69, 9.17) is 0 Å². The SMILES string of the molecule is C=C=CC1=CC(=C=C)CC(C)(C)C1. The fourth-order valence-electron chi connectivity index (χ4n) is 1.79. The monoisotopic (exact) mass is 172 g/mol. The van der Waals surface area contributed by atoms with E-state index in [0.717, 1.165) is 12.8 Å². The van der Waals surface area contributed by atoms with Gasteiger partial charge >= 0.3 is 0 Å². The largest absolute Gasteiger partial charge is 0.128 e. The van der Waals surface area contributed by atoms with Crippen molar-refractivity contribution in [2.45, 2.75) is 26.7 Å². The Labute approximate surface area is 80.7 Å². The second kappa shape index (κ2) is 3.66. The van der Waals surface area contributed by atoms with Gasteiger partial charge in [-0.05, 0) is 41.6 Å². The maximum absolute atomic E-state index is 3.69. The molecule has 0 saturated carbocycles. The Balaban J connectivity index is 3.05. The van der Waals surface area contributed by atoms with Gasteiger partial charge in [-0.15, -0.1) is 11.5 Å². The summed E-state index contributed by atoms with van der Waals surface area (Å²) in [5.41, 5.74) is 8.57. The summed E-state index contributed by atoms with van der Waals surface area (Å²) in [5.74, 6) is 0. The molecule has 0 amide bonds. The summed E-state index contributed by atoms with van der Waals surface area (Å²) in [5, 5.41) is 0. The third kappa shape index (κ3) is 2.63. The second-order valence-electron chi connectivity index (χ2n) is 4.29. The van der Waals surface area contributed by atoms with Crippen LogP contribution in [0.1, 0.15) is 26.7 Å². The van der Waals surface area contributed by atoms with Crippen molar-refractivity contribution in [3.8, 4) is 0 Å². The molecular weight excluding hydrogens is 156 g/mol. The van der Waals surface area contributed by atoms with Gasteiger partial charge in [-0.25, -0.2) is 0 Å². The van der Waals surface area contributed by atoms with E-state index in [9.17, 15) is 0 Å². The van der Waals surface area contributed by atoms with Gasteiger partial charge in [0.1, 0.15) is 0 Å². The lowest BCUT2D eigenvalue weighted by molar-refractivity contribution is 0.355. The van der Waals surface area contributed by atoms with Gasteiger partial charge in [0.05, 0.1) is 0 Å².